The summed E-state index contributed by atoms with van der Waals surface area (Å²) in [7, 11) is 0. The lowest BCUT2D eigenvalue weighted by Gasteiger charge is -2.27. The second-order valence-electron chi connectivity index (χ2n) is 5.70. The summed E-state index contributed by atoms with van der Waals surface area (Å²) in [5.74, 6) is 0.873. The molecule has 3 rings (SSSR count). The van der Waals surface area contributed by atoms with E-state index in [4.69, 9.17) is 17.0 Å². The number of thiocarbonyl (C=S) groups is 1. The number of rotatable bonds is 4. The summed E-state index contributed by atoms with van der Waals surface area (Å²) < 4.78 is 5.45. The number of hydrogen-bond acceptors (Lipinski definition) is 2. The molecule has 1 aliphatic carbocycles. The number of aryl methyl sites for hydroxylation is 1. The van der Waals surface area contributed by atoms with Gasteiger partial charge in [-0.15, -0.1) is 0 Å². The van der Waals surface area contributed by atoms with Crippen molar-refractivity contribution in [3.05, 3.63) is 59.7 Å². The van der Waals surface area contributed by atoms with Crippen molar-refractivity contribution in [2.24, 2.45) is 0 Å². The molecule has 0 saturated carbocycles. The maximum atomic E-state index is 5.48. The molecule has 2 aromatic rings. The van der Waals surface area contributed by atoms with Gasteiger partial charge in [-0.05, 0) is 73.8 Å². The molecule has 4 heteroatoms. The highest BCUT2D eigenvalue weighted by molar-refractivity contribution is 7.80. The minimum atomic E-state index is 0.294. The van der Waals surface area contributed by atoms with Crippen molar-refractivity contribution in [2.45, 2.75) is 32.2 Å². The smallest absolute Gasteiger partial charge is 0.171 e. The number of fused-ring (bicyclic) bond motifs is 1. The average Bonchev–Trinajstić information content (AvgIpc) is 2.57. The van der Waals surface area contributed by atoms with Gasteiger partial charge in [-0.25, -0.2) is 0 Å². The largest absolute Gasteiger partial charge is 0.494 e. The van der Waals surface area contributed by atoms with Crippen molar-refractivity contribution >= 4 is 23.0 Å². The molecular formula is C19H22N2OS. The maximum Gasteiger partial charge on any atom is 0.171 e. The zero-order valence-electron chi connectivity index (χ0n) is 13.3. The molecule has 0 spiro atoms. The monoisotopic (exact) mass is 326 g/mol. The van der Waals surface area contributed by atoms with Gasteiger partial charge in [0.15, 0.2) is 5.11 Å². The van der Waals surface area contributed by atoms with E-state index in [0.29, 0.717) is 17.8 Å². The van der Waals surface area contributed by atoms with E-state index in [-0.39, 0.29) is 0 Å². The van der Waals surface area contributed by atoms with Crippen LogP contribution in [0.1, 0.15) is 36.9 Å². The van der Waals surface area contributed by atoms with Crippen molar-refractivity contribution < 1.29 is 4.74 Å². The van der Waals surface area contributed by atoms with Crippen molar-refractivity contribution in [3.63, 3.8) is 0 Å². The van der Waals surface area contributed by atoms with Gasteiger partial charge >= 0.3 is 0 Å². The summed E-state index contributed by atoms with van der Waals surface area (Å²) in [6.07, 6.45) is 3.47. The second-order valence-corrected chi connectivity index (χ2v) is 6.11. The average molecular weight is 326 g/mol. The molecule has 3 nitrogen and oxygen atoms in total. The Morgan fingerprint density at radius 1 is 1.17 bits per heavy atom. The topological polar surface area (TPSA) is 33.3 Å². The fraction of sp³-hybridized carbons (Fsp3) is 0.316. The molecule has 0 saturated heterocycles. The Balaban J connectivity index is 1.62. The fourth-order valence-electron chi connectivity index (χ4n) is 3.03. The Labute approximate surface area is 143 Å². The molecule has 2 N–H and O–H groups in total. The number of hydrogen-bond donors (Lipinski definition) is 2. The minimum Gasteiger partial charge on any atom is -0.494 e. The Bertz CT molecular complexity index is 669. The summed E-state index contributed by atoms with van der Waals surface area (Å²) in [6.45, 7) is 2.65. The number of anilines is 1. The molecule has 0 aromatic heterocycles. The van der Waals surface area contributed by atoms with Crippen molar-refractivity contribution in [3.8, 4) is 5.75 Å². The first kappa shape index (κ1) is 15.8. The van der Waals surface area contributed by atoms with Crippen molar-refractivity contribution in [1.29, 1.82) is 0 Å². The number of benzene rings is 2. The zero-order chi connectivity index (χ0) is 16.1. The van der Waals surface area contributed by atoms with Gasteiger partial charge in [-0.2, -0.15) is 0 Å². The first-order valence-corrected chi connectivity index (χ1v) is 8.55. The maximum absolute atomic E-state index is 5.48. The predicted molar refractivity (Wildman–Crippen MR) is 99.1 cm³/mol. The Morgan fingerprint density at radius 3 is 2.74 bits per heavy atom. The van der Waals surface area contributed by atoms with E-state index in [1.54, 1.807) is 0 Å². The van der Waals surface area contributed by atoms with E-state index in [2.05, 4.69) is 34.9 Å². The molecule has 0 fully saturated rings. The lowest BCUT2D eigenvalue weighted by Crippen LogP contribution is -2.34. The van der Waals surface area contributed by atoms with E-state index in [0.717, 1.165) is 24.3 Å². The van der Waals surface area contributed by atoms with Gasteiger partial charge in [0.05, 0.1) is 12.6 Å². The predicted octanol–water partition coefficient (Wildman–Crippen LogP) is 4.45. The van der Waals surface area contributed by atoms with Crippen LogP contribution in [0.3, 0.4) is 0 Å². The van der Waals surface area contributed by atoms with E-state index in [1.165, 1.54) is 17.5 Å². The van der Waals surface area contributed by atoms with Crippen LogP contribution in [-0.2, 0) is 6.42 Å². The summed E-state index contributed by atoms with van der Waals surface area (Å²) >= 11 is 5.48. The van der Waals surface area contributed by atoms with Crippen LogP contribution < -0.4 is 15.4 Å². The molecule has 0 amide bonds. The molecule has 0 bridgehead atoms. The summed E-state index contributed by atoms with van der Waals surface area (Å²) in [5.41, 5.74) is 3.77. The third kappa shape index (κ3) is 4.02. The van der Waals surface area contributed by atoms with Gasteiger partial charge in [0.25, 0.3) is 0 Å². The first-order chi connectivity index (χ1) is 11.3. The lowest BCUT2D eigenvalue weighted by atomic mass is 9.88. The van der Waals surface area contributed by atoms with Crippen LogP contribution in [-0.4, -0.2) is 11.7 Å². The molecule has 0 unspecified atom stereocenters. The van der Waals surface area contributed by atoms with Crippen LogP contribution in [0.4, 0.5) is 5.69 Å². The number of ether oxygens (including phenoxy) is 1. The van der Waals surface area contributed by atoms with Crippen LogP contribution in [0, 0.1) is 0 Å². The second kappa shape index (κ2) is 7.47. The van der Waals surface area contributed by atoms with E-state index < -0.39 is 0 Å². The highest BCUT2D eigenvalue weighted by Crippen LogP contribution is 2.29. The van der Waals surface area contributed by atoms with Gasteiger partial charge in [0.2, 0.25) is 0 Å². The molecular weight excluding hydrogens is 304 g/mol. The standard InChI is InChI=1S/C19H22N2OS/c1-2-22-16-12-10-15(11-13-16)20-19(23)21-18-9-5-7-14-6-3-4-8-17(14)18/h3-4,6,8,10-13,18H,2,5,7,9H2,1H3,(H2,20,21,23)/t18-/m0/s1. The quantitative estimate of drug-likeness (QED) is 0.813. The summed E-state index contributed by atoms with van der Waals surface area (Å²) in [4.78, 5) is 0. The van der Waals surface area contributed by atoms with Crippen molar-refractivity contribution in [1.82, 2.24) is 5.32 Å². The molecule has 1 aliphatic rings. The van der Waals surface area contributed by atoms with Crippen LogP contribution in [0.5, 0.6) is 5.75 Å². The first-order valence-electron chi connectivity index (χ1n) is 8.14. The third-order valence-electron chi connectivity index (χ3n) is 4.10. The molecule has 1 atom stereocenters. The van der Waals surface area contributed by atoms with Crippen LogP contribution in [0.2, 0.25) is 0 Å². The van der Waals surface area contributed by atoms with E-state index in [1.807, 2.05) is 31.2 Å². The van der Waals surface area contributed by atoms with Crippen LogP contribution >= 0.6 is 12.2 Å². The Hall–Kier alpha value is -2.07. The molecule has 2 aromatic carbocycles. The summed E-state index contributed by atoms with van der Waals surface area (Å²) in [5, 5.41) is 7.37. The van der Waals surface area contributed by atoms with Crippen molar-refractivity contribution in [2.75, 3.05) is 11.9 Å². The van der Waals surface area contributed by atoms with Gasteiger partial charge in [-0.3, -0.25) is 0 Å². The number of nitrogens with one attached hydrogen (secondary N) is 2. The van der Waals surface area contributed by atoms with Gasteiger partial charge in [0, 0.05) is 5.69 Å². The third-order valence-corrected chi connectivity index (χ3v) is 4.32. The van der Waals surface area contributed by atoms with Gasteiger partial charge in [-0.1, -0.05) is 24.3 Å². The highest BCUT2D eigenvalue weighted by Gasteiger charge is 2.20. The minimum absolute atomic E-state index is 0.294. The SMILES string of the molecule is CCOc1ccc(NC(=S)N[C@H]2CCCc3ccccc32)cc1. The fourth-order valence-corrected chi connectivity index (χ4v) is 3.29. The Kier molecular flexibility index (Phi) is 5.13. The molecule has 0 heterocycles. The molecule has 120 valence electrons. The molecule has 0 radical (unpaired) electrons. The molecule has 23 heavy (non-hydrogen) atoms. The van der Waals surface area contributed by atoms with E-state index in [9.17, 15) is 0 Å². The van der Waals surface area contributed by atoms with Gasteiger partial charge < -0.3 is 15.4 Å². The van der Waals surface area contributed by atoms with Crippen LogP contribution in [0.15, 0.2) is 48.5 Å². The summed E-state index contributed by atoms with van der Waals surface area (Å²) in [6, 6.07) is 16.8. The van der Waals surface area contributed by atoms with E-state index >= 15 is 0 Å². The lowest BCUT2D eigenvalue weighted by molar-refractivity contribution is 0.340. The Morgan fingerprint density at radius 2 is 1.96 bits per heavy atom. The highest BCUT2D eigenvalue weighted by atomic mass is 32.1. The molecule has 0 aliphatic heterocycles. The zero-order valence-corrected chi connectivity index (χ0v) is 14.2. The van der Waals surface area contributed by atoms with Crippen LogP contribution in [0.25, 0.3) is 0 Å². The van der Waals surface area contributed by atoms with Gasteiger partial charge in [0.1, 0.15) is 5.75 Å². The normalized spacial score (nSPS) is 16.3.